The van der Waals surface area contributed by atoms with Crippen LogP contribution in [0.15, 0.2) is 22.7 Å². The Hall–Kier alpha value is -0.740. The molecule has 0 spiro atoms. The van der Waals surface area contributed by atoms with Crippen LogP contribution in [0.4, 0.5) is 10.5 Å². The third-order valence-corrected chi connectivity index (χ3v) is 3.94. The number of hydrogen-bond acceptors (Lipinski definition) is 1. The Morgan fingerprint density at radius 1 is 1.28 bits per heavy atom. The molecule has 1 aliphatic rings. The molecule has 1 aliphatic carbocycles. The van der Waals surface area contributed by atoms with E-state index in [1.165, 1.54) is 19.3 Å². The van der Waals surface area contributed by atoms with E-state index in [4.69, 9.17) is 11.6 Å². The maximum atomic E-state index is 11.8. The number of anilines is 1. The molecule has 5 heteroatoms. The predicted molar refractivity (Wildman–Crippen MR) is 78.2 cm³/mol. The fraction of sp³-hybridized carbons (Fsp3) is 0.462. The van der Waals surface area contributed by atoms with E-state index in [1.54, 1.807) is 12.1 Å². The van der Waals surface area contributed by atoms with E-state index >= 15 is 0 Å². The van der Waals surface area contributed by atoms with Crippen LogP contribution >= 0.6 is 27.5 Å². The zero-order chi connectivity index (χ0) is 13.0. The van der Waals surface area contributed by atoms with Gasteiger partial charge in [-0.25, -0.2) is 4.79 Å². The van der Waals surface area contributed by atoms with Gasteiger partial charge in [0, 0.05) is 10.5 Å². The van der Waals surface area contributed by atoms with E-state index < -0.39 is 0 Å². The summed E-state index contributed by atoms with van der Waals surface area (Å²) in [5.74, 6) is 0. The van der Waals surface area contributed by atoms with E-state index in [-0.39, 0.29) is 6.03 Å². The van der Waals surface area contributed by atoms with Crippen LogP contribution in [0.3, 0.4) is 0 Å². The van der Waals surface area contributed by atoms with E-state index in [9.17, 15) is 4.79 Å². The van der Waals surface area contributed by atoms with Crippen LogP contribution in [0.2, 0.25) is 5.02 Å². The highest BCUT2D eigenvalue weighted by Gasteiger charge is 2.16. The first-order chi connectivity index (χ1) is 8.65. The Balaban J connectivity index is 1.92. The first-order valence-electron chi connectivity index (χ1n) is 6.18. The van der Waals surface area contributed by atoms with Crippen molar-refractivity contribution in [3.8, 4) is 0 Å². The first-order valence-corrected chi connectivity index (χ1v) is 7.35. The quantitative estimate of drug-likeness (QED) is 0.819. The minimum atomic E-state index is -0.179. The molecule has 0 aliphatic heterocycles. The molecule has 0 unspecified atom stereocenters. The van der Waals surface area contributed by atoms with Gasteiger partial charge in [0.2, 0.25) is 0 Å². The molecule has 1 aromatic rings. The van der Waals surface area contributed by atoms with Gasteiger partial charge in [0.25, 0.3) is 0 Å². The van der Waals surface area contributed by atoms with Crippen molar-refractivity contribution in [1.82, 2.24) is 5.32 Å². The summed E-state index contributed by atoms with van der Waals surface area (Å²) in [6.07, 6.45) is 5.81. The minimum absolute atomic E-state index is 0.179. The molecule has 3 nitrogen and oxygen atoms in total. The SMILES string of the molecule is O=C(Nc1cc(Br)ccc1Cl)NC1CCCCC1. The average Bonchev–Trinajstić information content (AvgIpc) is 2.35. The molecule has 2 rings (SSSR count). The zero-order valence-electron chi connectivity index (χ0n) is 10.0. The van der Waals surface area contributed by atoms with Gasteiger partial charge in [0.15, 0.2) is 0 Å². The van der Waals surface area contributed by atoms with Crippen LogP contribution in [-0.2, 0) is 0 Å². The summed E-state index contributed by atoms with van der Waals surface area (Å²) >= 11 is 9.37. The first kappa shape index (κ1) is 13.7. The van der Waals surface area contributed by atoms with Crippen LogP contribution in [0.25, 0.3) is 0 Å². The van der Waals surface area contributed by atoms with Gasteiger partial charge in [-0.15, -0.1) is 0 Å². The lowest BCUT2D eigenvalue weighted by atomic mass is 9.96. The fourth-order valence-electron chi connectivity index (χ4n) is 2.18. The van der Waals surface area contributed by atoms with Gasteiger partial charge in [0.05, 0.1) is 10.7 Å². The lowest BCUT2D eigenvalue weighted by Gasteiger charge is -2.23. The maximum absolute atomic E-state index is 11.8. The van der Waals surface area contributed by atoms with Gasteiger partial charge < -0.3 is 10.6 Å². The topological polar surface area (TPSA) is 41.1 Å². The van der Waals surface area contributed by atoms with Crippen LogP contribution in [0.5, 0.6) is 0 Å². The smallest absolute Gasteiger partial charge is 0.319 e. The van der Waals surface area contributed by atoms with Crippen LogP contribution in [0.1, 0.15) is 32.1 Å². The number of rotatable bonds is 2. The molecule has 0 bridgehead atoms. The van der Waals surface area contributed by atoms with Gasteiger partial charge in [0.1, 0.15) is 0 Å². The number of carbonyl (C=O) groups is 1. The van der Waals surface area contributed by atoms with Crippen molar-refractivity contribution < 1.29 is 4.79 Å². The van der Waals surface area contributed by atoms with Crippen molar-refractivity contribution >= 4 is 39.2 Å². The highest BCUT2D eigenvalue weighted by Crippen LogP contribution is 2.25. The molecule has 0 heterocycles. The van der Waals surface area contributed by atoms with E-state index in [1.807, 2.05) is 6.07 Å². The van der Waals surface area contributed by atoms with Crippen molar-refractivity contribution in [2.45, 2.75) is 38.1 Å². The highest BCUT2D eigenvalue weighted by molar-refractivity contribution is 9.10. The predicted octanol–water partition coefficient (Wildman–Crippen LogP) is 4.56. The van der Waals surface area contributed by atoms with Gasteiger partial charge in [-0.3, -0.25) is 0 Å². The van der Waals surface area contributed by atoms with Crippen molar-refractivity contribution in [1.29, 1.82) is 0 Å². The minimum Gasteiger partial charge on any atom is -0.335 e. The largest absolute Gasteiger partial charge is 0.335 e. The monoisotopic (exact) mass is 330 g/mol. The van der Waals surface area contributed by atoms with Crippen LogP contribution in [0, 0.1) is 0 Å². The number of hydrogen-bond donors (Lipinski definition) is 2. The van der Waals surface area contributed by atoms with Crippen molar-refractivity contribution in [2.75, 3.05) is 5.32 Å². The number of benzene rings is 1. The van der Waals surface area contributed by atoms with Gasteiger partial charge in [-0.05, 0) is 31.0 Å². The summed E-state index contributed by atoms with van der Waals surface area (Å²) in [7, 11) is 0. The van der Waals surface area contributed by atoms with E-state index in [0.29, 0.717) is 16.8 Å². The molecular formula is C13H16BrClN2O. The van der Waals surface area contributed by atoms with Gasteiger partial charge in [-0.1, -0.05) is 46.8 Å². The van der Waals surface area contributed by atoms with E-state index in [0.717, 1.165) is 17.3 Å². The molecular weight excluding hydrogens is 316 g/mol. The Labute approximate surface area is 120 Å². The van der Waals surface area contributed by atoms with Crippen molar-refractivity contribution in [3.63, 3.8) is 0 Å². The number of halogens is 2. The molecule has 98 valence electrons. The Morgan fingerprint density at radius 2 is 2.00 bits per heavy atom. The summed E-state index contributed by atoms with van der Waals surface area (Å²) in [5.41, 5.74) is 0.624. The maximum Gasteiger partial charge on any atom is 0.319 e. The summed E-state index contributed by atoms with van der Waals surface area (Å²) in [6, 6.07) is 5.50. The van der Waals surface area contributed by atoms with Crippen LogP contribution < -0.4 is 10.6 Å². The number of nitrogens with one attached hydrogen (secondary N) is 2. The molecule has 2 amide bonds. The summed E-state index contributed by atoms with van der Waals surface area (Å²) in [4.78, 5) is 11.8. The third kappa shape index (κ3) is 3.89. The number of urea groups is 1. The van der Waals surface area contributed by atoms with Crippen molar-refractivity contribution in [3.05, 3.63) is 27.7 Å². The average molecular weight is 332 g/mol. The second-order valence-electron chi connectivity index (χ2n) is 4.56. The molecule has 0 saturated heterocycles. The molecule has 0 atom stereocenters. The Morgan fingerprint density at radius 3 is 2.72 bits per heavy atom. The molecule has 1 saturated carbocycles. The van der Waals surface area contributed by atoms with Gasteiger partial charge >= 0.3 is 6.03 Å². The van der Waals surface area contributed by atoms with E-state index in [2.05, 4.69) is 26.6 Å². The van der Waals surface area contributed by atoms with Crippen LogP contribution in [-0.4, -0.2) is 12.1 Å². The number of amides is 2. The lowest BCUT2D eigenvalue weighted by Crippen LogP contribution is -2.39. The van der Waals surface area contributed by atoms with Crippen molar-refractivity contribution in [2.24, 2.45) is 0 Å². The second-order valence-corrected chi connectivity index (χ2v) is 5.88. The summed E-state index contributed by atoms with van der Waals surface area (Å²) in [5, 5.41) is 6.32. The Kier molecular flexibility index (Phi) is 4.89. The lowest BCUT2D eigenvalue weighted by molar-refractivity contribution is 0.244. The molecule has 1 aromatic carbocycles. The molecule has 0 radical (unpaired) electrons. The molecule has 1 fully saturated rings. The highest BCUT2D eigenvalue weighted by atomic mass is 79.9. The normalized spacial score (nSPS) is 16.3. The zero-order valence-corrected chi connectivity index (χ0v) is 12.4. The Bertz CT molecular complexity index is 433. The second kappa shape index (κ2) is 6.43. The number of carbonyl (C=O) groups excluding carboxylic acids is 1. The summed E-state index contributed by atoms with van der Waals surface area (Å²) in [6.45, 7) is 0. The fourth-order valence-corrected chi connectivity index (χ4v) is 2.71. The molecule has 18 heavy (non-hydrogen) atoms. The van der Waals surface area contributed by atoms with Gasteiger partial charge in [-0.2, -0.15) is 0 Å². The summed E-state index contributed by atoms with van der Waals surface area (Å²) < 4.78 is 0.889. The standard InChI is InChI=1S/C13H16BrClN2O/c14-9-6-7-11(15)12(8-9)17-13(18)16-10-4-2-1-3-5-10/h6-8,10H,1-5H2,(H2,16,17,18). The third-order valence-electron chi connectivity index (χ3n) is 3.12. The molecule has 0 aromatic heterocycles. The molecule has 2 N–H and O–H groups in total.